The summed E-state index contributed by atoms with van der Waals surface area (Å²) in [7, 11) is 0. The van der Waals surface area contributed by atoms with Crippen molar-refractivity contribution in [2.75, 3.05) is 5.32 Å². The number of halogens is 1. The highest BCUT2D eigenvalue weighted by atomic mass is 79.9. The van der Waals surface area contributed by atoms with Crippen LogP contribution < -0.4 is 5.32 Å². The summed E-state index contributed by atoms with van der Waals surface area (Å²) in [5.74, 6) is 0.686. The standard InChI is InChI=1S/C13H14BrN3S/c1-8-2-5-11(14)6-10(8)7-15-13-17-16-12(18-13)9-3-4-9/h2,5-6,9H,3-4,7H2,1H3,(H,15,17). The lowest BCUT2D eigenvalue weighted by Gasteiger charge is -2.06. The van der Waals surface area contributed by atoms with E-state index in [1.807, 2.05) is 0 Å². The zero-order valence-corrected chi connectivity index (χ0v) is 12.5. The first-order chi connectivity index (χ1) is 8.72. The lowest BCUT2D eigenvalue weighted by molar-refractivity contribution is 0.967. The van der Waals surface area contributed by atoms with Crippen LogP contribution in [0.25, 0.3) is 0 Å². The Labute approximate surface area is 119 Å². The van der Waals surface area contributed by atoms with Gasteiger partial charge in [-0.3, -0.25) is 0 Å². The van der Waals surface area contributed by atoms with Crippen LogP contribution in [-0.4, -0.2) is 10.2 Å². The van der Waals surface area contributed by atoms with Crippen molar-refractivity contribution in [3.63, 3.8) is 0 Å². The molecule has 1 aliphatic carbocycles. The van der Waals surface area contributed by atoms with E-state index >= 15 is 0 Å². The maximum absolute atomic E-state index is 4.23. The number of hydrogen-bond acceptors (Lipinski definition) is 4. The Morgan fingerprint density at radius 2 is 2.22 bits per heavy atom. The number of anilines is 1. The van der Waals surface area contributed by atoms with Crippen LogP contribution in [-0.2, 0) is 6.54 Å². The lowest BCUT2D eigenvalue weighted by atomic mass is 10.1. The summed E-state index contributed by atoms with van der Waals surface area (Å²) in [6.45, 7) is 2.92. The molecular formula is C13H14BrN3S. The summed E-state index contributed by atoms with van der Waals surface area (Å²) < 4.78 is 1.11. The fourth-order valence-corrected chi connectivity index (χ4v) is 3.12. The van der Waals surface area contributed by atoms with E-state index in [4.69, 9.17) is 0 Å². The summed E-state index contributed by atoms with van der Waals surface area (Å²) in [6.07, 6.45) is 2.55. The van der Waals surface area contributed by atoms with Gasteiger partial charge in [-0.1, -0.05) is 33.3 Å². The Morgan fingerprint density at radius 1 is 1.39 bits per heavy atom. The Morgan fingerprint density at radius 3 is 3.00 bits per heavy atom. The van der Waals surface area contributed by atoms with E-state index < -0.39 is 0 Å². The van der Waals surface area contributed by atoms with Crippen molar-refractivity contribution in [2.24, 2.45) is 0 Å². The summed E-state index contributed by atoms with van der Waals surface area (Å²) in [6, 6.07) is 6.33. The molecule has 0 aliphatic heterocycles. The average Bonchev–Trinajstić information content (AvgIpc) is 3.10. The third-order valence-corrected chi connectivity index (χ3v) is 4.65. The molecule has 0 unspecified atom stereocenters. The quantitative estimate of drug-likeness (QED) is 0.920. The third-order valence-electron chi connectivity index (χ3n) is 3.11. The molecule has 1 aromatic carbocycles. The molecule has 5 heteroatoms. The van der Waals surface area contributed by atoms with Gasteiger partial charge in [-0.05, 0) is 43.0 Å². The van der Waals surface area contributed by atoms with Crippen molar-refractivity contribution in [2.45, 2.75) is 32.2 Å². The molecule has 2 aromatic rings. The number of rotatable bonds is 4. The lowest BCUT2D eigenvalue weighted by Crippen LogP contribution is -2.00. The van der Waals surface area contributed by atoms with Crippen LogP contribution >= 0.6 is 27.3 Å². The van der Waals surface area contributed by atoms with Crippen molar-refractivity contribution in [3.8, 4) is 0 Å². The van der Waals surface area contributed by atoms with Crippen LogP contribution in [0.3, 0.4) is 0 Å². The van der Waals surface area contributed by atoms with Gasteiger partial charge in [-0.2, -0.15) is 0 Å². The second-order valence-electron chi connectivity index (χ2n) is 4.64. The van der Waals surface area contributed by atoms with E-state index in [1.54, 1.807) is 11.3 Å². The van der Waals surface area contributed by atoms with E-state index in [1.165, 1.54) is 29.0 Å². The molecule has 0 atom stereocenters. The fourth-order valence-electron chi connectivity index (χ4n) is 1.80. The van der Waals surface area contributed by atoms with Crippen molar-refractivity contribution < 1.29 is 0 Å². The molecule has 94 valence electrons. The summed E-state index contributed by atoms with van der Waals surface area (Å²) in [4.78, 5) is 0. The predicted molar refractivity (Wildman–Crippen MR) is 78.1 cm³/mol. The maximum Gasteiger partial charge on any atom is 0.205 e. The van der Waals surface area contributed by atoms with Crippen LogP contribution in [0.1, 0.15) is 34.9 Å². The van der Waals surface area contributed by atoms with Gasteiger partial charge >= 0.3 is 0 Å². The summed E-state index contributed by atoms with van der Waals surface area (Å²) >= 11 is 5.19. The van der Waals surface area contributed by atoms with Crippen LogP contribution in [0, 0.1) is 6.92 Å². The van der Waals surface area contributed by atoms with E-state index in [0.29, 0.717) is 5.92 Å². The zero-order chi connectivity index (χ0) is 12.5. The number of benzene rings is 1. The molecule has 0 amide bonds. The second-order valence-corrected chi connectivity index (χ2v) is 6.57. The second kappa shape index (κ2) is 4.97. The zero-order valence-electron chi connectivity index (χ0n) is 10.1. The minimum Gasteiger partial charge on any atom is -0.356 e. The highest BCUT2D eigenvalue weighted by molar-refractivity contribution is 9.10. The Kier molecular flexibility index (Phi) is 3.35. The summed E-state index contributed by atoms with van der Waals surface area (Å²) in [5.41, 5.74) is 2.57. The predicted octanol–water partition coefficient (Wildman–Crippen LogP) is 4.10. The van der Waals surface area contributed by atoms with Gasteiger partial charge in [0.05, 0.1) is 0 Å². The molecule has 0 bridgehead atoms. The van der Waals surface area contributed by atoms with Crippen molar-refractivity contribution in [1.29, 1.82) is 0 Å². The van der Waals surface area contributed by atoms with Crippen molar-refractivity contribution in [3.05, 3.63) is 38.8 Å². The minimum absolute atomic E-state index is 0.686. The van der Waals surface area contributed by atoms with Crippen LogP contribution in [0.2, 0.25) is 0 Å². The summed E-state index contributed by atoms with van der Waals surface area (Å²) in [5, 5.41) is 13.9. The van der Waals surface area contributed by atoms with Gasteiger partial charge in [0.2, 0.25) is 5.13 Å². The first-order valence-electron chi connectivity index (χ1n) is 6.04. The minimum atomic E-state index is 0.686. The van der Waals surface area contributed by atoms with Gasteiger partial charge in [0, 0.05) is 16.9 Å². The SMILES string of the molecule is Cc1ccc(Br)cc1CNc1nnc(C2CC2)s1. The largest absolute Gasteiger partial charge is 0.356 e. The van der Waals surface area contributed by atoms with Crippen molar-refractivity contribution in [1.82, 2.24) is 10.2 Å². The molecule has 3 nitrogen and oxygen atoms in total. The van der Waals surface area contributed by atoms with Crippen LogP contribution in [0.5, 0.6) is 0 Å². The molecule has 0 spiro atoms. The van der Waals surface area contributed by atoms with Gasteiger partial charge in [0.1, 0.15) is 5.01 Å². The number of aryl methyl sites for hydroxylation is 1. The molecule has 1 aromatic heterocycles. The average molecular weight is 324 g/mol. The number of nitrogens with zero attached hydrogens (tertiary/aromatic N) is 2. The third kappa shape index (κ3) is 2.72. The molecule has 1 saturated carbocycles. The normalized spacial score (nSPS) is 14.8. The van der Waals surface area contributed by atoms with E-state index in [0.717, 1.165) is 16.1 Å². The van der Waals surface area contributed by atoms with Crippen molar-refractivity contribution >= 4 is 32.4 Å². The highest BCUT2D eigenvalue weighted by Crippen LogP contribution is 2.42. The molecular weight excluding hydrogens is 310 g/mol. The number of hydrogen-bond donors (Lipinski definition) is 1. The molecule has 1 fully saturated rings. The van der Waals surface area contributed by atoms with E-state index in [2.05, 4.69) is 56.6 Å². The van der Waals surface area contributed by atoms with Gasteiger partial charge in [-0.25, -0.2) is 0 Å². The Hall–Kier alpha value is -0.940. The Bertz CT molecular complexity index is 563. The maximum atomic E-state index is 4.23. The molecule has 1 N–H and O–H groups in total. The van der Waals surface area contributed by atoms with Gasteiger partial charge in [-0.15, -0.1) is 10.2 Å². The monoisotopic (exact) mass is 323 g/mol. The molecule has 1 heterocycles. The number of nitrogens with one attached hydrogen (secondary N) is 1. The first-order valence-corrected chi connectivity index (χ1v) is 7.65. The highest BCUT2D eigenvalue weighted by Gasteiger charge is 2.27. The molecule has 18 heavy (non-hydrogen) atoms. The van der Waals surface area contributed by atoms with E-state index in [9.17, 15) is 0 Å². The molecule has 0 saturated heterocycles. The molecule has 1 aliphatic rings. The van der Waals surface area contributed by atoms with Crippen LogP contribution in [0.4, 0.5) is 5.13 Å². The smallest absolute Gasteiger partial charge is 0.205 e. The van der Waals surface area contributed by atoms with Gasteiger partial charge in [0.15, 0.2) is 0 Å². The van der Waals surface area contributed by atoms with E-state index in [-0.39, 0.29) is 0 Å². The van der Waals surface area contributed by atoms with Gasteiger partial charge < -0.3 is 5.32 Å². The molecule has 3 rings (SSSR count). The fraction of sp³-hybridized carbons (Fsp3) is 0.385. The molecule has 0 radical (unpaired) electrons. The number of aromatic nitrogens is 2. The Balaban J connectivity index is 1.67. The first kappa shape index (κ1) is 12.1. The van der Waals surface area contributed by atoms with Crippen LogP contribution in [0.15, 0.2) is 22.7 Å². The van der Waals surface area contributed by atoms with Gasteiger partial charge in [0.25, 0.3) is 0 Å². The topological polar surface area (TPSA) is 37.8 Å².